The van der Waals surface area contributed by atoms with Crippen LogP contribution in [0.2, 0.25) is 0 Å². The normalized spacial score (nSPS) is 18.0. The first-order valence-corrected chi connectivity index (χ1v) is 10.2. The van der Waals surface area contributed by atoms with E-state index in [4.69, 9.17) is 9.47 Å². The molecule has 0 saturated carbocycles. The van der Waals surface area contributed by atoms with Crippen molar-refractivity contribution in [3.63, 3.8) is 0 Å². The molecule has 0 aromatic heterocycles. The van der Waals surface area contributed by atoms with Crippen molar-refractivity contribution in [1.82, 2.24) is 9.80 Å². The lowest BCUT2D eigenvalue weighted by molar-refractivity contribution is -0.131. The van der Waals surface area contributed by atoms with Gasteiger partial charge in [0.25, 0.3) is 0 Å². The van der Waals surface area contributed by atoms with Crippen LogP contribution in [0.25, 0.3) is 0 Å². The minimum Gasteiger partial charge on any atom is -0.454 e. The number of carbonyl (C=O) groups excluding carboxylic acids is 1. The van der Waals surface area contributed by atoms with Crippen LogP contribution in [0.4, 0.5) is 4.39 Å². The highest BCUT2D eigenvalue weighted by atomic mass is 19.1. The fourth-order valence-corrected chi connectivity index (χ4v) is 4.07. The van der Waals surface area contributed by atoms with Crippen molar-refractivity contribution in [1.29, 1.82) is 0 Å². The van der Waals surface area contributed by atoms with Crippen molar-refractivity contribution >= 4 is 5.91 Å². The lowest BCUT2D eigenvalue weighted by Gasteiger charge is -2.25. The van der Waals surface area contributed by atoms with Gasteiger partial charge in [-0.05, 0) is 36.1 Å². The van der Waals surface area contributed by atoms with Crippen LogP contribution in [-0.4, -0.2) is 48.7 Å². The van der Waals surface area contributed by atoms with Gasteiger partial charge in [0.15, 0.2) is 11.5 Å². The van der Waals surface area contributed by atoms with Crippen molar-refractivity contribution in [2.45, 2.75) is 26.3 Å². The summed E-state index contributed by atoms with van der Waals surface area (Å²) in [5, 5.41) is 0. The molecule has 1 atom stereocenters. The van der Waals surface area contributed by atoms with Gasteiger partial charge >= 0.3 is 0 Å². The highest BCUT2D eigenvalue weighted by Gasteiger charge is 2.23. The summed E-state index contributed by atoms with van der Waals surface area (Å²) in [6, 6.07) is 12.8. The number of halogens is 1. The first-order chi connectivity index (χ1) is 14.1. The Morgan fingerprint density at radius 1 is 1.07 bits per heavy atom. The van der Waals surface area contributed by atoms with E-state index in [0.717, 1.165) is 37.6 Å². The van der Waals surface area contributed by atoms with Crippen LogP contribution in [0.3, 0.4) is 0 Å². The summed E-state index contributed by atoms with van der Waals surface area (Å²) in [6.07, 6.45) is 1.42. The van der Waals surface area contributed by atoms with Gasteiger partial charge in [0.1, 0.15) is 5.82 Å². The summed E-state index contributed by atoms with van der Waals surface area (Å²) in [6.45, 7) is 5.98. The summed E-state index contributed by atoms with van der Waals surface area (Å²) in [5.41, 5.74) is 1.80. The van der Waals surface area contributed by atoms with Gasteiger partial charge in [0.05, 0.1) is 0 Å². The first kappa shape index (κ1) is 19.7. The Bertz CT molecular complexity index is 873. The average Bonchev–Trinajstić information content (AvgIpc) is 3.10. The second-order valence-electron chi connectivity index (χ2n) is 7.95. The Hall–Kier alpha value is -2.60. The molecule has 2 aromatic carbocycles. The van der Waals surface area contributed by atoms with Gasteiger partial charge < -0.3 is 19.3 Å². The maximum Gasteiger partial charge on any atom is 0.231 e. The van der Waals surface area contributed by atoms with Gasteiger partial charge in [-0.25, -0.2) is 4.39 Å². The molecule has 2 aliphatic rings. The quantitative estimate of drug-likeness (QED) is 0.747. The number of benzene rings is 2. The molecule has 6 heteroatoms. The molecule has 0 radical (unpaired) electrons. The highest BCUT2D eigenvalue weighted by molar-refractivity contribution is 5.76. The van der Waals surface area contributed by atoms with Crippen LogP contribution >= 0.6 is 0 Å². The minimum absolute atomic E-state index is 0.0965. The zero-order valence-corrected chi connectivity index (χ0v) is 16.8. The second-order valence-corrected chi connectivity index (χ2v) is 7.95. The molecule has 0 N–H and O–H groups in total. The fraction of sp³-hybridized carbons (Fsp3) is 0.435. The maximum atomic E-state index is 13.9. The number of ether oxygens (including phenoxy) is 2. The molecule has 1 saturated heterocycles. The number of fused-ring (bicyclic) bond motifs is 1. The Morgan fingerprint density at radius 3 is 2.76 bits per heavy atom. The van der Waals surface area contributed by atoms with E-state index in [2.05, 4.69) is 24.0 Å². The Kier molecular flexibility index (Phi) is 6.00. The predicted molar refractivity (Wildman–Crippen MR) is 108 cm³/mol. The smallest absolute Gasteiger partial charge is 0.231 e. The van der Waals surface area contributed by atoms with Gasteiger partial charge in [0.2, 0.25) is 12.7 Å². The largest absolute Gasteiger partial charge is 0.454 e. The van der Waals surface area contributed by atoms with E-state index < -0.39 is 0 Å². The SMILES string of the molecule is CC(Cc1ccc2c(c1)OCO2)CN1CCC(=O)N(Cc2ccccc2F)CC1. The van der Waals surface area contributed by atoms with Crippen LogP contribution in [0, 0.1) is 11.7 Å². The van der Waals surface area contributed by atoms with E-state index >= 15 is 0 Å². The Morgan fingerprint density at radius 2 is 1.90 bits per heavy atom. The van der Waals surface area contributed by atoms with E-state index in [1.54, 1.807) is 17.0 Å². The number of hydrogen-bond acceptors (Lipinski definition) is 4. The topological polar surface area (TPSA) is 42.0 Å². The monoisotopic (exact) mass is 398 g/mol. The zero-order chi connectivity index (χ0) is 20.2. The van der Waals surface area contributed by atoms with Gasteiger partial charge in [-0.2, -0.15) is 0 Å². The third-order valence-corrected chi connectivity index (χ3v) is 5.59. The molecule has 1 amide bonds. The standard InChI is InChI=1S/C23H27FN2O3/c1-17(12-18-6-7-21-22(13-18)29-16-28-21)14-25-9-8-23(27)26(11-10-25)15-19-4-2-3-5-20(19)24/h2-7,13,17H,8-12,14-16H2,1H3. The summed E-state index contributed by atoms with van der Waals surface area (Å²) >= 11 is 0. The maximum absolute atomic E-state index is 13.9. The van der Waals surface area contributed by atoms with Crippen LogP contribution in [-0.2, 0) is 17.8 Å². The summed E-state index contributed by atoms with van der Waals surface area (Å²) in [7, 11) is 0. The first-order valence-electron chi connectivity index (χ1n) is 10.2. The molecule has 0 spiro atoms. The number of amides is 1. The van der Waals surface area contributed by atoms with Gasteiger partial charge in [-0.15, -0.1) is 0 Å². The number of carbonyl (C=O) groups is 1. The molecule has 29 heavy (non-hydrogen) atoms. The predicted octanol–water partition coefficient (Wildman–Crippen LogP) is 3.47. The van der Waals surface area contributed by atoms with Crippen molar-refractivity contribution < 1.29 is 18.7 Å². The number of nitrogens with zero attached hydrogens (tertiary/aromatic N) is 2. The van der Waals surface area contributed by atoms with Gasteiger partial charge in [-0.1, -0.05) is 31.2 Å². The molecule has 154 valence electrons. The fourth-order valence-electron chi connectivity index (χ4n) is 4.07. The highest BCUT2D eigenvalue weighted by Crippen LogP contribution is 2.33. The second kappa shape index (κ2) is 8.82. The van der Waals surface area contributed by atoms with Crippen molar-refractivity contribution in [3.05, 3.63) is 59.4 Å². The van der Waals surface area contributed by atoms with E-state index in [-0.39, 0.29) is 11.7 Å². The summed E-state index contributed by atoms with van der Waals surface area (Å²) in [5.74, 6) is 1.92. The van der Waals surface area contributed by atoms with E-state index in [9.17, 15) is 9.18 Å². The number of rotatable bonds is 6. The van der Waals surface area contributed by atoms with Crippen LogP contribution < -0.4 is 9.47 Å². The zero-order valence-electron chi connectivity index (χ0n) is 16.8. The van der Waals surface area contributed by atoms with Crippen molar-refractivity contribution in [2.24, 2.45) is 5.92 Å². The van der Waals surface area contributed by atoms with Crippen LogP contribution in [0.5, 0.6) is 11.5 Å². The Balaban J connectivity index is 1.31. The molecule has 2 aliphatic heterocycles. The van der Waals surface area contributed by atoms with Crippen molar-refractivity contribution in [2.75, 3.05) is 33.0 Å². The van der Waals surface area contributed by atoms with Gasteiger partial charge in [0, 0.05) is 44.7 Å². The van der Waals surface area contributed by atoms with Crippen molar-refractivity contribution in [3.8, 4) is 11.5 Å². The summed E-state index contributed by atoms with van der Waals surface area (Å²) < 4.78 is 24.8. The average molecular weight is 398 g/mol. The molecule has 2 heterocycles. The lowest BCUT2D eigenvalue weighted by Crippen LogP contribution is -2.34. The van der Waals surface area contributed by atoms with Gasteiger partial charge in [-0.3, -0.25) is 4.79 Å². The summed E-state index contributed by atoms with van der Waals surface area (Å²) in [4.78, 5) is 16.6. The molecule has 2 aromatic rings. The molecule has 1 unspecified atom stereocenters. The van der Waals surface area contributed by atoms with Crippen LogP contribution in [0.15, 0.2) is 42.5 Å². The molecular formula is C23H27FN2O3. The molecule has 1 fully saturated rings. The third kappa shape index (κ3) is 4.88. The molecule has 4 rings (SSSR count). The van der Waals surface area contributed by atoms with E-state index in [0.29, 0.717) is 37.8 Å². The minimum atomic E-state index is -0.251. The number of hydrogen-bond donors (Lipinski definition) is 0. The molecular weight excluding hydrogens is 371 g/mol. The molecule has 0 aliphatic carbocycles. The van der Waals surface area contributed by atoms with Crippen LogP contribution in [0.1, 0.15) is 24.5 Å². The molecule has 5 nitrogen and oxygen atoms in total. The third-order valence-electron chi connectivity index (χ3n) is 5.59. The lowest BCUT2D eigenvalue weighted by atomic mass is 10.00. The Labute approximate surface area is 171 Å². The van der Waals surface area contributed by atoms with E-state index in [1.807, 2.05) is 12.1 Å². The molecule has 0 bridgehead atoms. The van der Waals surface area contributed by atoms with E-state index in [1.165, 1.54) is 11.6 Å².